The zero-order valence-corrected chi connectivity index (χ0v) is 8.86. The molecule has 1 saturated carbocycles. The van der Waals surface area contributed by atoms with Gasteiger partial charge in [-0.1, -0.05) is 6.92 Å². The molecule has 1 fully saturated rings. The number of amides is 1. The highest BCUT2D eigenvalue weighted by molar-refractivity contribution is 7.13. The minimum absolute atomic E-state index is 0.0791. The van der Waals surface area contributed by atoms with E-state index in [0.717, 1.165) is 18.5 Å². The summed E-state index contributed by atoms with van der Waals surface area (Å²) in [5, 5.41) is 5.33. The standard InChI is InChI=1S/C9H13N3OS/c1-9(2-3-9)7(13)12-8-11-6(4-10)5-14-8/h5H,2-4,10H2,1H3,(H,11,12,13). The van der Waals surface area contributed by atoms with E-state index in [-0.39, 0.29) is 11.3 Å². The maximum atomic E-state index is 11.6. The summed E-state index contributed by atoms with van der Waals surface area (Å²) in [4.78, 5) is 15.8. The lowest BCUT2D eigenvalue weighted by atomic mass is 10.1. The van der Waals surface area contributed by atoms with Crippen molar-refractivity contribution in [1.29, 1.82) is 0 Å². The molecule has 0 unspecified atom stereocenters. The highest BCUT2D eigenvalue weighted by Gasteiger charge is 2.45. The van der Waals surface area contributed by atoms with E-state index in [2.05, 4.69) is 10.3 Å². The molecule has 4 nitrogen and oxygen atoms in total. The quantitative estimate of drug-likeness (QED) is 0.792. The number of carbonyl (C=O) groups excluding carboxylic acids is 1. The van der Waals surface area contributed by atoms with Crippen LogP contribution in [-0.2, 0) is 11.3 Å². The molecule has 5 heteroatoms. The highest BCUT2D eigenvalue weighted by atomic mass is 32.1. The molecule has 0 bridgehead atoms. The summed E-state index contributed by atoms with van der Waals surface area (Å²) in [5.41, 5.74) is 6.10. The average molecular weight is 211 g/mol. The monoisotopic (exact) mass is 211 g/mol. The number of aromatic nitrogens is 1. The van der Waals surface area contributed by atoms with E-state index >= 15 is 0 Å². The summed E-state index contributed by atoms with van der Waals surface area (Å²) in [6, 6.07) is 0. The van der Waals surface area contributed by atoms with Gasteiger partial charge in [0.2, 0.25) is 5.91 Å². The number of nitrogens with one attached hydrogen (secondary N) is 1. The van der Waals surface area contributed by atoms with E-state index < -0.39 is 0 Å². The largest absolute Gasteiger partial charge is 0.325 e. The molecule has 0 atom stereocenters. The molecular weight excluding hydrogens is 198 g/mol. The molecular formula is C9H13N3OS. The second-order valence-electron chi connectivity index (χ2n) is 3.86. The Morgan fingerprint density at radius 1 is 1.79 bits per heavy atom. The van der Waals surface area contributed by atoms with E-state index in [0.29, 0.717) is 11.7 Å². The van der Waals surface area contributed by atoms with Gasteiger partial charge in [-0.15, -0.1) is 11.3 Å². The lowest BCUT2D eigenvalue weighted by Gasteiger charge is -2.06. The van der Waals surface area contributed by atoms with Crippen molar-refractivity contribution in [2.75, 3.05) is 5.32 Å². The SMILES string of the molecule is CC1(C(=O)Nc2nc(CN)cs2)CC1. The molecule has 76 valence electrons. The van der Waals surface area contributed by atoms with Crippen LogP contribution in [0.2, 0.25) is 0 Å². The molecule has 2 rings (SSSR count). The molecule has 1 amide bonds. The minimum atomic E-state index is -0.144. The Labute approximate surface area is 86.5 Å². The molecule has 0 radical (unpaired) electrons. The van der Waals surface area contributed by atoms with Crippen LogP contribution in [0.4, 0.5) is 5.13 Å². The fourth-order valence-electron chi connectivity index (χ4n) is 1.12. The number of nitrogens with zero attached hydrogens (tertiary/aromatic N) is 1. The molecule has 0 saturated heterocycles. The fourth-order valence-corrected chi connectivity index (χ4v) is 1.84. The Morgan fingerprint density at radius 2 is 2.50 bits per heavy atom. The normalized spacial score (nSPS) is 17.9. The molecule has 1 aliphatic carbocycles. The lowest BCUT2D eigenvalue weighted by Crippen LogP contribution is -2.21. The van der Waals surface area contributed by atoms with Crippen molar-refractivity contribution in [2.24, 2.45) is 11.1 Å². The topological polar surface area (TPSA) is 68.0 Å². The van der Waals surface area contributed by atoms with Crippen LogP contribution in [0, 0.1) is 5.41 Å². The molecule has 1 heterocycles. The van der Waals surface area contributed by atoms with Crippen LogP contribution in [0.15, 0.2) is 5.38 Å². The van der Waals surface area contributed by atoms with Gasteiger partial charge in [-0.2, -0.15) is 0 Å². The van der Waals surface area contributed by atoms with Crippen LogP contribution in [0.5, 0.6) is 0 Å². The van der Waals surface area contributed by atoms with Crippen molar-refractivity contribution in [3.05, 3.63) is 11.1 Å². The van der Waals surface area contributed by atoms with E-state index in [4.69, 9.17) is 5.73 Å². The van der Waals surface area contributed by atoms with Crippen molar-refractivity contribution in [1.82, 2.24) is 4.98 Å². The maximum Gasteiger partial charge on any atom is 0.232 e. The van der Waals surface area contributed by atoms with Crippen molar-refractivity contribution in [2.45, 2.75) is 26.3 Å². The number of anilines is 1. The van der Waals surface area contributed by atoms with Gasteiger partial charge < -0.3 is 11.1 Å². The van der Waals surface area contributed by atoms with Gasteiger partial charge in [-0.3, -0.25) is 4.79 Å². The van der Waals surface area contributed by atoms with Gasteiger partial charge in [-0.05, 0) is 12.8 Å². The van der Waals surface area contributed by atoms with Crippen LogP contribution in [-0.4, -0.2) is 10.9 Å². The number of hydrogen-bond donors (Lipinski definition) is 2. The summed E-state index contributed by atoms with van der Waals surface area (Å²) >= 11 is 1.42. The third kappa shape index (κ3) is 1.78. The summed E-state index contributed by atoms with van der Waals surface area (Å²) in [6.07, 6.45) is 1.96. The Bertz CT molecular complexity index is 357. The zero-order chi connectivity index (χ0) is 10.2. The fraction of sp³-hybridized carbons (Fsp3) is 0.556. The number of thiazole rings is 1. The lowest BCUT2D eigenvalue weighted by molar-refractivity contribution is -0.120. The molecule has 1 aliphatic rings. The third-order valence-electron chi connectivity index (χ3n) is 2.53. The van der Waals surface area contributed by atoms with E-state index in [1.54, 1.807) is 0 Å². The second kappa shape index (κ2) is 3.33. The molecule has 0 aromatic carbocycles. The van der Waals surface area contributed by atoms with Crippen molar-refractivity contribution >= 4 is 22.4 Å². The predicted octanol–water partition coefficient (Wildman–Crippen LogP) is 1.34. The summed E-state index contributed by atoms with van der Waals surface area (Å²) < 4.78 is 0. The third-order valence-corrected chi connectivity index (χ3v) is 3.34. The summed E-state index contributed by atoms with van der Waals surface area (Å²) in [6.45, 7) is 2.39. The number of nitrogens with two attached hydrogens (primary N) is 1. The Hall–Kier alpha value is -0.940. The highest BCUT2D eigenvalue weighted by Crippen LogP contribution is 2.45. The van der Waals surface area contributed by atoms with Gasteiger partial charge in [0.1, 0.15) is 0 Å². The van der Waals surface area contributed by atoms with E-state index in [1.807, 2.05) is 12.3 Å². The van der Waals surface area contributed by atoms with Crippen LogP contribution >= 0.6 is 11.3 Å². The van der Waals surface area contributed by atoms with Crippen LogP contribution in [0.3, 0.4) is 0 Å². The van der Waals surface area contributed by atoms with Gasteiger partial charge >= 0.3 is 0 Å². The van der Waals surface area contributed by atoms with Crippen LogP contribution in [0.25, 0.3) is 0 Å². The maximum absolute atomic E-state index is 11.6. The van der Waals surface area contributed by atoms with Gasteiger partial charge in [0.05, 0.1) is 5.69 Å². The molecule has 3 N–H and O–H groups in total. The molecule has 0 spiro atoms. The van der Waals surface area contributed by atoms with E-state index in [1.165, 1.54) is 11.3 Å². The number of rotatable bonds is 3. The first-order valence-electron chi connectivity index (χ1n) is 4.60. The first kappa shape index (κ1) is 9.61. The zero-order valence-electron chi connectivity index (χ0n) is 8.04. The average Bonchev–Trinajstić information content (AvgIpc) is 2.77. The van der Waals surface area contributed by atoms with Gasteiger partial charge in [0.25, 0.3) is 0 Å². The van der Waals surface area contributed by atoms with E-state index in [9.17, 15) is 4.79 Å². The molecule has 14 heavy (non-hydrogen) atoms. The predicted molar refractivity (Wildman–Crippen MR) is 56.0 cm³/mol. The summed E-state index contributed by atoms with van der Waals surface area (Å²) in [7, 11) is 0. The number of carbonyl (C=O) groups is 1. The first-order valence-corrected chi connectivity index (χ1v) is 5.48. The van der Waals surface area contributed by atoms with Gasteiger partial charge in [0, 0.05) is 17.3 Å². The number of hydrogen-bond acceptors (Lipinski definition) is 4. The van der Waals surface area contributed by atoms with Crippen LogP contribution in [0.1, 0.15) is 25.5 Å². The molecule has 1 aromatic rings. The summed E-state index contributed by atoms with van der Waals surface area (Å²) in [5.74, 6) is 0.0791. The Kier molecular flexibility index (Phi) is 2.28. The first-order chi connectivity index (χ1) is 6.64. The van der Waals surface area contributed by atoms with Gasteiger partial charge in [0.15, 0.2) is 5.13 Å². The second-order valence-corrected chi connectivity index (χ2v) is 4.72. The van der Waals surface area contributed by atoms with Crippen LogP contribution < -0.4 is 11.1 Å². The molecule has 0 aliphatic heterocycles. The van der Waals surface area contributed by atoms with Crippen molar-refractivity contribution in [3.63, 3.8) is 0 Å². The minimum Gasteiger partial charge on any atom is -0.325 e. The van der Waals surface area contributed by atoms with Crippen molar-refractivity contribution in [3.8, 4) is 0 Å². The smallest absolute Gasteiger partial charge is 0.232 e. The Morgan fingerprint density at radius 3 is 3.00 bits per heavy atom. The Balaban J connectivity index is 2.00. The van der Waals surface area contributed by atoms with Gasteiger partial charge in [-0.25, -0.2) is 4.98 Å². The van der Waals surface area contributed by atoms with Crippen molar-refractivity contribution < 1.29 is 4.79 Å². The molecule has 1 aromatic heterocycles.